The molecule has 0 aromatic carbocycles. The SMILES string of the molecule is CN(C(=O)N1CCSCC1CC(=O)O)C1CC1. The van der Waals surface area contributed by atoms with Gasteiger partial charge in [-0.1, -0.05) is 0 Å². The maximum absolute atomic E-state index is 12.2. The molecule has 1 aliphatic heterocycles. The minimum atomic E-state index is -0.829. The molecule has 0 radical (unpaired) electrons. The number of hydrogen-bond acceptors (Lipinski definition) is 3. The molecule has 2 aliphatic rings. The summed E-state index contributed by atoms with van der Waals surface area (Å²) in [7, 11) is 1.82. The van der Waals surface area contributed by atoms with Gasteiger partial charge in [-0.15, -0.1) is 0 Å². The van der Waals surface area contributed by atoms with E-state index in [9.17, 15) is 9.59 Å². The van der Waals surface area contributed by atoms with Gasteiger partial charge in [-0.3, -0.25) is 4.79 Å². The summed E-state index contributed by atoms with van der Waals surface area (Å²) < 4.78 is 0. The van der Waals surface area contributed by atoms with E-state index in [1.165, 1.54) is 0 Å². The fourth-order valence-electron chi connectivity index (χ4n) is 2.10. The molecule has 0 aromatic rings. The number of rotatable bonds is 3. The zero-order valence-corrected chi connectivity index (χ0v) is 10.8. The van der Waals surface area contributed by atoms with Gasteiger partial charge < -0.3 is 14.9 Å². The van der Waals surface area contributed by atoms with E-state index in [2.05, 4.69) is 0 Å². The molecule has 1 atom stereocenters. The summed E-state index contributed by atoms with van der Waals surface area (Å²) in [6.07, 6.45) is 2.21. The van der Waals surface area contributed by atoms with E-state index in [1.807, 2.05) is 7.05 Å². The van der Waals surface area contributed by atoms with Crippen LogP contribution in [0.15, 0.2) is 0 Å². The van der Waals surface area contributed by atoms with Crippen molar-refractivity contribution >= 4 is 23.8 Å². The van der Waals surface area contributed by atoms with Crippen LogP contribution in [0.4, 0.5) is 4.79 Å². The van der Waals surface area contributed by atoms with Gasteiger partial charge in [0.1, 0.15) is 0 Å². The van der Waals surface area contributed by atoms with Crippen LogP contribution in [-0.2, 0) is 4.79 Å². The Morgan fingerprint density at radius 2 is 2.18 bits per heavy atom. The predicted molar refractivity (Wildman–Crippen MR) is 66.3 cm³/mol. The summed E-state index contributed by atoms with van der Waals surface area (Å²) in [4.78, 5) is 26.5. The molecule has 6 heteroatoms. The first-order chi connectivity index (χ1) is 8.09. The molecule has 1 aliphatic carbocycles. The largest absolute Gasteiger partial charge is 0.481 e. The van der Waals surface area contributed by atoms with Crippen molar-refractivity contribution in [1.29, 1.82) is 0 Å². The lowest BCUT2D eigenvalue weighted by Crippen LogP contribution is -2.52. The van der Waals surface area contributed by atoms with Crippen molar-refractivity contribution in [2.45, 2.75) is 31.3 Å². The number of thioether (sulfide) groups is 1. The van der Waals surface area contributed by atoms with Gasteiger partial charge in [-0.05, 0) is 12.8 Å². The highest BCUT2D eigenvalue weighted by molar-refractivity contribution is 7.99. The molecule has 0 aromatic heterocycles. The van der Waals surface area contributed by atoms with Gasteiger partial charge in [0.15, 0.2) is 0 Å². The lowest BCUT2D eigenvalue weighted by molar-refractivity contribution is -0.138. The minimum Gasteiger partial charge on any atom is -0.481 e. The van der Waals surface area contributed by atoms with Gasteiger partial charge in [0.2, 0.25) is 0 Å². The second-order valence-electron chi connectivity index (χ2n) is 4.64. The molecule has 2 amide bonds. The smallest absolute Gasteiger partial charge is 0.320 e. The number of nitrogens with zero attached hydrogens (tertiary/aromatic N) is 2. The summed E-state index contributed by atoms with van der Waals surface area (Å²) in [5.74, 6) is 0.807. The van der Waals surface area contributed by atoms with Crippen LogP contribution < -0.4 is 0 Å². The summed E-state index contributed by atoms with van der Waals surface area (Å²) in [5.41, 5.74) is 0. The molecule has 96 valence electrons. The second kappa shape index (κ2) is 5.16. The van der Waals surface area contributed by atoms with Crippen LogP contribution in [0.3, 0.4) is 0 Å². The number of amides is 2. The molecule has 5 nitrogen and oxygen atoms in total. The van der Waals surface area contributed by atoms with E-state index >= 15 is 0 Å². The van der Waals surface area contributed by atoms with E-state index in [0.717, 1.165) is 24.3 Å². The van der Waals surface area contributed by atoms with Crippen molar-refractivity contribution in [3.63, 3.8) is 0 Å². The fraction of sp³-hybridized carbons (Fsp3) is 0.818. The number of hydrogen-bond donors (Lipinski definition) is 1. The van der Waals surface area contributed by atoms with Gasteiger partial charge in [-0.2, -0.15) is 11.8 Å². The lowest BCUT2D eigenvalue weighted by Gasteiger charge is -2.37. The molecular weight excluding hydrogens is 240 g/mol. The number of aliphatic carboxylic acids is 1. The van der Waals surface area contributed by atoms with Crippen LogP contribution in [-0.4, -0.2) is 64.1 Å². The zero-order chi connectivity index (χ0) is 12.4. The van der Waals surface area contributed by atoms with Gasteiger partial charge >= 0.3 is 12.0 Å². The van der Waals surface area contributed by atoms with E-state index in [0.29, 0.717) is 12.6 Å². The Labute approximate surface area is 105 Å². The minimum absolute atomic E-state index is 0.000880. The average molecular weight is 258 g/mol. The van der Waals surface area contributed by atoms with E-state index in [1.54, 1.807) is 21.6 Å². The maximum Gasteiger partial charge on any atom is 0.320 e. The third kappa shape index (κ3) is 3.06. The molecule has 1 heterocycles. The van der Waals surface area contributed by atoms with Crippen molar-refractivity contribution in [3.8, 4) is 0 Å². The third-order valence-electron chi connectivity index (χ3n) is 3.28. The Bertz CT molecular complexity index is 320. The molecule has 2 fully saturated rings. The number of carboxylic acid groups (broad SMARTS) is 1. The Balaban J connectivity index is 1.99. The third-order valence-corrected chi connectivity index (χ3v) is 4.37. The van der Waals surface area contributed by atoms with E-state index in [-0.39, 0.29) is 18.5 Å². The van der Waals surface area contributed by atoms with Crippen molar-refractivity contribution < 1.29 is 14.7 Å². The number of urea groups is 1. The fourth-order valence-corrected chi connectivity index (χ4v) is 3.16. The molecule has 1 N–H and O–H groups in total. The maximum atomic E-state index is 12.2. The molecule has 1 saturated carbocycles. The first kappa shape index (κ1) is 12.5. The van der Waals surface area contributed by atoms with Crippen LogP contribution in [0, 0.1) is 0 Å². The summed E-state index contributed by atoms with van der Waals surface area (Å²) in [6, 6.07) is 0.224. The van der Waals surface area contributed by atoms with Crippen LogP contribution in [0.25, 0.3) is 0 Å². The molecule has 1 saturated heterocycles. The van der Waals surface area contributed by atoms with Crippen molar-refractivity contribution in [1.82, 2.24) is 9.80 Å². The number of carboxylic acids is 1. The lowest BCUT2D eigenvalue weighted by atomic mass is 10.2. The molecule has 2 rings (SSSR count). The number of carbonyl (C=O) groups is 2. The molecule has 0 bridgehead atoms. The summed E-state index contributed by atoms with van der Waals surface area (Å²) >= 11 is 1.73. The van der Waals surface area contributed by atoms with Crippen LogP contribution in [0.2, 0.25) is 0 Å². The zero-order valence-electron chi connectivity index (χ0n) is 9.96. The first-order valence-electron chi connectivity index (χ1n) is 5.92. The van der Waals surface area contributed by atoms with E-state index in [4.69, 9.17) is 5.11 Å². The molecular formula is C11H18N2O3S. The van der Waals surface area contributed by atoms with Crippen molar-refractivity contribution in [2.75, 3.05) is 25.1 Å². The number of carbonyl (C=O) groups excluding carboxylic acids is 1. The topological polar surface area (TPSA) is 60.9 Å². The normalized spacial score (nSPS) is 24.5. The highest BCUT2D eigenvalue weighted by Gasteiger charge is 2.36. The monoisotopic (exact) mass is 258 g/mol. The van der Waals surface area contributed by atoms with Gasteiger partial charge in [0, 0.05) is 31.1 Å². The van der Waals surface area contributed by atoms with Gasteiger partial charge in [0.05, 0.1) is 12.5 Å². The standard InChI is InChI=1S/C11H18N2O3S/c1-12(8-2-3-8)11(16)13-4-5-17-7-9(13)6-10(14)15/h8-9H,2-7H2,1H3,(H,14,15). The summed E-state index contributed by atoms with van der Waals surface area (Å²) in [6.45, 7) is 0.665. The van der Waals surface area contributed by atoms with Gasteiger partial charge in [0.25, 0.3) is 0 Å². The molecule has 0 spiro atoms. The quantitative estimate of drug-likeness (QED) is 0.823. The van der Waals surface area contributed by atoms with Crippen LogP contribution in [0.1, 0.15) is 19.3 Å². The highest BCUT2D eigenvalue weighted by Crippen LogP contribution is 2.28. The Hall–Kier alpha value is -0.910. The molecule has 17 heavy (non-hydrogen) atoms. The van der Waals surface area contributed by atoms with Gasteiger partial charge in [-0.25, -0.2) is 4.79 Å². The van der Waals surface area contributed by atoms with Crippen molar-refractivity contribution in [3.05, 3.63) is 0 Å². The van der Waals surface area contributed by atoms with E-state index < -0.39 is 5.97 Å². The first-order valence-corrected chi connectivity index (χ1v) is 7.08. The van der Waals surface area contributed by atoms with Crippen LogP contribution >= 0.6 is 11.8 Å². The Morgan fingerprint density at radius 1 is 1.47 bits per heavy atom. The average Bonchev–Trinajstić information content (AvgIpc) is 3.11. The second-order valence-corrected chi connectivity index (χ2v) is 5.79. The summed E-state index contributed by atoms with van der Waals surface area (Å²) in [5, 5.41) is 8.86. The van der Waals surface area contributed by atoms with Crippen LogP contribution in [0.5, 0.6) is 0 Å². The Kier molecular flexibility index (Phi) is 3.81. The Morgan fingerprint density at radius 3 is 2.76 bits per heavy atom. The van der Waals surface area contributed by atoms with Crippen molar-refractivity contribution in [2.24, 2.45) is 0 Å². The molecule has 1 unspecified atom stereocenters. The predicted octanol–water partition coefficient (Wildman–Crippen LogP) is 1.09. The highest BCUT2D eigenvalue weighted by atomic mass is 32.2.